The number of aromatic nitrogens is 3. The molecule has 0 aliphatic carbocycles. The Balaban J connectivity index is 1.74. The van der Waals surface area contributed by atoms with Crippen LogP contribution < -0.4 is 5.32 Å². The van der Waals surface area contributed by atoms with E-state index in [9.17, 15) is 4.79 Å². The van der Waals surface area contributed by atoms with Crippen molar-refractivity contribution in [3.63, 3.8) is 0 Å². The highest BCUT2D eigenvalue weighted by atomic mass is 35.5. The monoisotopic (exact) mass is 447 g/mol. The SMILES string of the molecule is CCN(CC)CCCC(C)NC(=O)c1cnn2c(-c3ccc(Cl)c(Cl)c3)ccnc12. The number of carbonyl (C=O) groups excluding carboxylic acids is 1. The smallest absolute Gasteiger partial charge is 0.256 e. The van der Waals surface area contributed by atoms with Crippen LogP contribution in [0.15, 0.2) is 36.7 Å². The lowest BCUT2D eigenvalue weighted by molar-refractivity contribution is 0.0938. The van der Waals surface area contributed by atoms with Gasteiger partial charge in [-0.2, -0.15) is 5.10 Å². The van der Waals surface area contributed by atoms with Crippen molar-refractivity contribution >= 4 is 34.8 Å². The van der Waals surface area contributed by atoms with Crippen molar-refractivity contribution in [1.29, 1.82) is 0 Å². The Morgan fingerprint density at radius 3 is 2.67 bits per heavy atom. The van der Waals surface area contributed by atoms with E-state index >= 15 is 0 Å². The zero-order valence-corrected chi connectivity index (χ0v) is 19.0. The van der Waals surface area contributed by atoms with E-state index in [4.69, 9.17) is 23.2 Å². The molecule has 6 nitrogen and oxygen atoms in total. The number of amides is 1. The van der Waals surface area contributed by atoms with Crippen LogP contribution >= 0.6 is 23.2 Å². The predicted molar refractivity (Wildman–Crippen MR) is 122 cm³/mol. The topological polar surface area (TPSA) is 62.5 Å². The maximum Gasteiger partial charge on any atom is 0.256 e. The molecule has 0 radical (unpaired) electrons. The zero-order chi connectivity index (χ0) is 21.7. The number of halogens is 2. The summed E-state index contributed by atoms with van der Waals surface area (Å²) in [6, 6.07) is 7.28. The lowest BCUT2D eigenvalue weighted by atomic mass is 10.1. The first-order chi connectivity index (χ1) is 14.4. The van der Waals surface area contributed by atoms with Gasteiger partial charge in [0.2, 0.25) is 0 Å². The summed E-state index contributed by atoms with van der Waals surface area (Å²) >= 11 is 12.2. The Kier molecular flexibility index (Phi) is 7.69. The number of carbonyl (C=O) groups is 1. The molecule has 3 aromatic rings. The summed E-state index contributed by atoms with van der Waals surface area (Å²) in [5.74, 6) is -0.167. The number of rotatable bonds is 9. The first-order valence-corrected chi connectivity index (χ1v) is 11.0. The van der Waals surface area contributed by atoms with Gasteiger partial charge < -0.3 is 10.2 Å². The quantitative estimate of drug-likeness (QED) is 0.504. The van der Waals surface area contributed by atoms with Crippen molar-refractivity contribution in [1.82, 2.24) is 24.8 Å². The molecule has 0 saturated carbocycles. The van der Waals surface area contributed by atoms with E-state index in [-0.39, 0.29) is 11.9 Å². The lowest BCUT2D eigenvalue weighted by Gasteiger charge is -2.19. The average Bonchev–Trinajstić information content (AvgIpc) is 3.17. The fraction of sp³-hybridized carbons (Fsp3) is 0.409. The van der Waals surface area contributed by atoms with Crippen LogP contribution in [-0.2, 0) is 0 Å². The molecule has 0 spiro atoms. The highest BCUT2D eigenvalue weighted by molar-refractivity contribution is 6.42. The second kappa shape index (κ2) is 10.2. The molecule has 0 fully saturated rings. The largest absolute Gasteiger partial charge is 0.349 e. The van der Waals surface area contributed by atoms with Crippen LogP contribution in [-0.4, -0.2) is 51.1 Å². The first-order valence-electron chi connectivity index (χ1n) is 10.3. The van der Waals surface area contributed by atoms with Gasteiger partial charge in [0.05, 0.1) is 21.9 Å². The minimum absolute atomic E-state index is 0.0706. The van der Waals surface area contributed by atoms with E-state index in [1.54, 1.807) is 29.0 Å². The van der Waals surface area contributed by atoms with Gasteiger partial charge in [-0.1, -0.05) is 43.1 Å². The molecule has 1 amide bonds. The number of hydrogen-bond acceptors (Lipinski definition) is 4. The molecular formula is C22H27Cl2N5O. The van der Waals surface area contributed by atoms with Crippen molar-refractivity contribution in [3.05, 3.63) is 52.3 Å². The molecule has 2 aromatic heterocycles. The van der Waals surface area contributed by atoms with Crippen LogP contribution in [0.2, 0.25) is 10.0 Å². The normalized spacial score (nSPS) is 12.5. The summed E-state index contributed by atoms with van der Waals surface area (Å²) in [7, 11) is 0. The van der Waals surface area contributed by atoms with E-state index in [0.29, 0.717) is 21.3 Å². The van der Waals surface area contributed by atoms with Gasteiger partial charge >= 0.3 is 0 Å². The second-order valence-corrected chi connectivity index (χ2v) is 8.11. The van der Waals surface area contributed by atoms with E-state index in [1.807, 2.05) is 19.1 Å². The molecule has 160 valence electrons. The molecule has 0 aliphatic heterocycles. The number of nitrogens with zero attached hydrogens (tertiary/aromatic N) is 4. The Hall–Kier alpha value is -2.15. The highest BCUT2D eigenvalue weighted by Gasteiger charge is 2.18. The van der Waals surface area contributed by atoms with E-state index in [0.717, 1.165) is 43.7 Å². The molecule has 0 saturated heterocycles. The van der Waals surface area contributed by atoms with Gasteiger partial charge in [0.1, 0.15) is 5.56 Å². The summed E-state index contributed by atoms with van der Waals surface area (Å²) in [6.07, 6.45) is 5.18. The molecule has 0 aliphatic rings. The second-order valence-electron chi connectivity index (χ2n) is 7.30. The molecule has 30 heavy (non-hydrogen) atoms. The minimum atomic E-state index is -0.167. The number of benzene rings is 1. The molecule has 2 heterocycles. The van der Waals surface area contributed by atoms with Gasteiger partial charge in [-0.25, -0.2) is 9.50 Å². The molecule has 1 aromatic carbocycles. The first kappa shape index (κ1) is 22.5. The molecule has 1 N–H and O–H groups in total. The summed E-state index contributed by atoms with van der Waals surface area (Å²) in [5.41, 5.74) is 2.58. The van der Waals surface area contributed by atoms with Crippen LogP contribution in [0.25, 0.3) is 16.9 Å². The van der Waals surface area contributed by atoms with Crippen molar-refractivity contribution in [3.8, 4) is 11.3 Å². The Morgan fingerprint density at radius 1 is 1.20 bits per heavy atom. The van der Waals surface area contributed by atoms with Gasteiger partial charge in [0.25, 0.3) is 5.91 Å². The van der Waals surface area contributed by atoms with E-state index in [1.165, 1.54) is 0 Å². The lowest BCUT2D eigenvalue weighted by Crippen LogP contribution is -2.33. The maximum atomic E-state index is 12.8. The van der Waals surface area contributed by atoms with Crippen LogP contribution in [0.1, 0.15) is 44.0 Å². The molecular weight excluding hydrogens is 421 g/mol. The third kappa shape index (κ3) is 5.12. The molecule has 3 rings (SSSR count). The van der Waals surface area contributed by atoms with Crippen LogP contribution in [0, 0.1) is 0 Å². The zero-order valence-electron chi connectivity index (χ0n) is 17.5. The van der Waals surface area contributed by atoms with Gasteiger partial charge in [0.15, 0.2) is 5.65 Å². The number of fused-ring (bicyclic) bond motifs is 1. The van der Waals surface area contributed by atoms with Crippen molar-refractivity contribution < 1.29 is 4.79 Å². The number of nitrogens with one attached hydrogen (secondary N) is 1. The summed E-state index contributed by atoms with van der Waals surface area (Å²) in [4.78, 5) is 19.6. The summed E-state index contributed by atoms with van der Waals surface area (Å²) in [5, 5.41) is 8.41. The van der Waals surface area contributed by atoms with Crippen molar-refractivity contribution in [2.75, 3.05) is 19.6 Å². The Bertz CT molecular complexity index is 1020. The average molecular weight is 448 g/mol. The van der Waals surface area contributed by atoms with Crippen LogP contribution in [0.4, 0.5) is 0 Å². The van der Waals surface area contributed by atoms with Crippen molar-refractivity contribution in [2.45, 2.75) is 39.7 Å². The van der Waals surface area contributed by atoms with Gasteiger partial charge in [-0.05, 0) is 57.6 Å². The molecule has 0 bridgehead atoms. The van der Waals surface area contributed by atoms with E-state index < -0.39 is 0 Å². The molecule has 8 heteroatoms. The maximum absolute atomic E-state index is 12.8. The van der Waals surface area contributed by atoms with Gasteiger partial charge in [-0.3, -0.25) is 4.79 Å². The minimum Gasteiger partial charge on any atom is -0.349 e. The van der Waals surface area contributed by atoms with Crippen LogP contribution in [0.5, 0.6) is 0 Å². The standard InChI is InChI=1S/C22H27Cl2N5O/c1-4-28(5-2)12-6-7-15(3)27-22(30)17-14-26-29-20(10-11-25-21(17)29)16-8-9-18(23)19(24)13-16/h8-11,13-15H,4-7,12H2,1-3H3,(H,27,30). The van der Waals surface area contributed by atoms with E-state index in [2.05, 4.69) is 34.1 Å². The van der Waals surface area contributed by atoms with Crippen LogP contribution in [0.3, 0.4) is 0 Å². The fourth-order valence-corrected chi connectivity index (χ4v) is 3.76. The third-order valence-corrected chi connectivity index (χ3v) is 5.98. The van der Waals surface area contributed by atoms with Gasteiger partial charge in [-0.15, -0.1) is 0 Å². The summed E-state index contributed by atoms with van der Waals surface area (Å²) in [6.45, 7) is 9.50. The van der Waals surface area contributed by atoms with Crippen molar-refractivity contribution in [2.24, 2.45) is 0 Å². The number of hydrogen-bond donors (Lipinski definition) is 1. The predicted octanol–water partition coefficient (Wildman–Crippen LogP) is 4.94. The Morgan fingerprint density at radius 2 is 1.97 bits per heavy atom. The highest BCUT2D eigenvalue weighted by Crippen LogP contribution is 2.28. The Labute approximate surface area is 187 Å². The summed E-state index contributed by atoms with van der Waals surface area (Å²) < 4.78 is 1.65. The van der Waals surface area contributed by atoms with Gasteiger partial charge in [0, 0.05) is 17.8 Å². The third-order valence-electron chi connectivity index (χ3n) is 5.24. The molecule has 1 atom stereocenters. The molecule has 1 unspecified atom stereocenters. The fourth-order valence-electron chi connectivity index (χ4n) is 3.46.